The van der Waals surface area contributed by atoms with Crippen molar-refractivity contribution in [2.24, 2.45) is 5.73 Å². The minimum atomic E-state index is -0.745. The second-order valence-corrected chi connectivity index (χ2v) is 6.06. The maximum absolute atomic E-state index is 12.2. The summed E-state index contributed by atoms with van der Waals surface area (Å²) in [5.41, 5.74) is 5.54. The van der Waals surface area contributed by atoms with Crippen LogP contribution in [0.3, 0.4) is 0 Å². The quantitative estimate of drug-likeness (QED) is 0.654. The first-order chi connectivity index (χ1) is 13.7. The van der Waals surface area contributed by atoms with Crippen molar-refractivity contribution in [1.29, 1.82) is 0 Å². The fourth-order valence-corrected chi connectivity index (χ4v) is 2.49. The van der Waals surface area contributed by atoms with Crippen LogP contribution in [0.25, 0.3) is 0 Å². The van der Waals surface area contributed by atoms with E-state index in [9.17, 15) is 19.2 Å². The molecular weight excluding hydrogens is 404 g/mol. The summed E-state index contributed by atoms with van der Waals surface area (Å²) in [7, 11) is 2.36. The van der Waals surface area contributed by atoms with Crippen molar-refractivity contribution in [3.05, 3.63) is 58.1 Å². The van der Waals surface area contributed by atoms with Crippen LogP contribution in [0.5, 0.6) is 5.75 Å². The van der Waals surface area contributed by atoms with Gasteiger partial charge in [0.15, 0.2) is 6.61 Å². The minimum Gasteiger partial charge on any atom is -0.483 e. The Morgan fingerprint density at radius 3 is 2.07 bits per heavy atom. The van der Waals surface area contributed by atoms with Gasteiger partial charge in [-0.2, -0.15) is 0 Å². The molecule has 0 aromatic heterocycles. The average molecular weight is 421 g/mol. The summed E-state index contributed by atoms with van der Waals surface area (Å²) >= 11 is 5.87. The number of carbonyl (C=O) groups is 4. The lowest BCUT2D eigenvalue weighted by Gasteiger charge is -2.12. The molecule has 2 aromatic rings. The molecule has 3 N–H and O–H groups in total. The monoisotopic (exact) mass is 420 g/mol. The molecule has 2 aromatic carbocycles. The predicted octanol–water partition coefficient (Wildman–Crippen LogP) is 2.03. The number of hydrogen-bond donors (Lipinski definition) is 2. The van der Waals surface area contributed by atoms with Gasteiger partial charge in [-0.25, -0.2) is 9.59 Å². The summed E-state index contributed by atoms with van der Waals surface area (Å²) in [6, 6.07) is 8.10. The molecule has 0 heterocycles. The third kappa shape index (κ3) is 5.69. The molecule has 0 fully saturated rings. The molecule has 2 amide bonds. The van der Waals surface area contributed by atoms with Crippen LogP contribution in [-0.4, -0.2) is 44.6 Å². The number of nitrogens with one attached hydrogen (secondary N) is 1. The summed E-state index contributed by atoms with van der Waals surface area (Å²) in [6.07, 6.45) is 0. The summed E-state index contributed by atoms with van der Waals surface area (Å²) in [4.78, 5) is 47.3. The standard InChI is InChI=1S/C19H17ClN2O7/c1-27-18(25)10-5-11(19(26)28-2)7-13(6-10)22-16(23)9-29-15-8-12(20)3-4-14(15)17(21)24/h3-8H,9H2,1-2H3,(H2,21,24)(H,22,23). The van der Waals surface area contributed by atoms with Crippen LogP contribution >= 0.6 is 11.6 Å². The lowest BCUT2D eigenvalue weighted by atomic mass is 10.1. The maximum atomic E-state index is 12.2. The third-order valence-corrected chi connectivity index (χ3v) is 3.86. The highest BCUT2D eigenvalue weighted by Gasteiger charge is 2.16. The van der Waals surface area contributed by atoms with E-state index in [1.54, 1.807) is 0 Å². The van der Waals surface area contributed by atoms with Crippen LogP contribution in [0, 0.1) is 0 Å². The number of ether oxygens (including phenoxy) is 3. The van der Waals surface area contributed by atoms with Crippen LogP contribution in [0.2, 0.25) is 5.02 Å². The number of rotatable bonds is 7. The van der Waals surface area contributed by atoms with Gasteiger partial charge in [-0.15, -0.1) is 0 Å². The molecule has 0 aliphatic heterocycles. The molecule has 0 spiro atoms. The molecule has 0 saturated heterocycles. The zero-order chi connectivity index (χ0) is 21.6. The van der Waals surface area contributed by atoms with E-state index in [4.69, 9.17) is 22.1 Å². The van der Waals surface area contributed by atoms with Crippen molar-refractivity contribution in [3.8, 4) is 5.75 Å². The number of carbonyl (C=O) groups excluding carboxylic acids is 4. The van der Waals surface area contributed by atoms with Gasteiger partial charge in [0.1, 0.15) is 5.75 Å². The first kappa shape index (κ1) is 21.7. The smallest absolute Gasteiger partial charge is 0.337 e. The number of nitrogens with two attached hydrogens (primary N) is 1. The first-order valence-electron chi connectivity index (χ1n) is 8.09. The summed E-state index contributed by atoms with van der Waals surface area (Å²) < 4.78 is 14.6. The molecular formula is C19H17ClN2O7. The number of hydrogen-bond acceptors (Lipinski definition) is 7. The number of amides is 2. The molecule has 0 bridgehead atoms. The summed E-state index contributed by atoms with van der Waals surface area (Å²) in [5.74, 6) is -2.73. The van der Waals surface area contributed by atoms with Crippen molar-refractivity contribution in [3.63, 3.8) is 0 Å². The SMILES string of the molecule is COC(=O)c1cc(NC(=O)COc2cc(Cl)ccc2C(N)=O)cc(C(=O)OC)c1. The Kier molecular flexibility index (Phi) is 7.15. The first-order valence-corrected chi connectivity index (χ1v) is 8.46. The van der Waals surface area contributed by atoms with Gasteiger partial charge in [0.05, 0.1) is 30.9 Å². The normalized spacial score (nSPS) is 10.0. The van der Waals surface area contributed by atoms with Gasteiger partial charge in [0.25, 0.3) is 11.8 Å². The molecule has 0 saturated carbocycles. The molecule has 2 rings (SSSR count). The van der Waals surface area contributed by atoms with E-state index in [0.717, 1.165) is 0 Å². The second-order valence-electron chi connectivity index (χ2n) is 5.62. The van der Waals surface area contributed by atoms with E-state index in [-0.39, 0.29) is 28.1 Å². The molecule has 0 unspecified atom stereocenters. The largest absolute Gasteiger partial charge is 0.483 e. The molecule has 0 aliphatic rings. The maximum Gasteiger partial charge on any atom is 0.337 e. The van der Waals surface area contributed by atoms with E-state index in [2.05, 4.69) is 14.8 Å². The minimum absolute atomic E-state index is 0.0393. The molecule has 152 valence electrons. The van der Waals surface area contributed by atoms with Gasteiger partial charge in [-0.05, 0) is 36.4 Å². The zero-order valence-corrected chi connectivity index (χ0v) is 16.2. The Balaban J connectivity index is 2.18. The fourth-order valence-electron chi connectivity index (χ4n) is 2.33. The molecule has 10 heteroatoms. The molecule has 9 nitrogen and oxygen atoms in total. The van der Waals surface area contributed by atoms with Crippen molar-refractivity contribution in [2.45, 2.75) is 0 Å². The Morgan fingerprint density at radius 2 is 1.55 bits per heavy atom. The van der Waals surface area contributed by atoms with Crippen LogP contribution in [-0.2, 0) is 14.3 Å². The lowest BCUT2D eigenvalue weighted by molar-refractivity contribution is -0.118. The van der Waals surface area contributed by atoms with Crippen molar-refractivity contribution >= 4 is 41.0 Å². The number of esters is 2. The number of primary amides is 1. The highest BCUT2D eigenvalue weighted by Crippen LogP contribution is 2.23. The predicted molar refractivity (Wildman–Crippen MR) is 103 cm³/mol. The highest BCUT2D eigenvalue weighted by atomic mass is 35.5. The molecule has 0 radical (unpaired) electrons. The Hall–Kier alpha value is -3.59. The average Bonchev–Trinajstić information content (AvgIpc) is 2.70. The molecule has 29 heavy (non-hydrogen) atoms. The Morgan fingerprint density at radius 1 is 0.966 bits per heavy atom. The fraction of sp³-hybridized carbons (Fsp3) is 0.158. The van der Waals surface area contributed by atoms with Gasteiger partial charge in [-0.1, -0.05) is 11.6 Å². The number of halogens is 1. The Bertz CT molecular complexity index is 941. The van der Waals surface area contributed by atoms with E-state index in [1.165, 1.54) is 50.6 Å². The number of benzene rings is 2. The van der Waals surface area contributed by atoms with Crippen LogP contribution in [0.1, 0.15) is 31.1 Å². The summed E-state index contributed by atoms with van der Waals surface area (Å²) in [5, 5.41) is 2.78. The van der Waals surface area contributed by atoms with Gasteiger partial charge in [0.2, 0.25) is 0 Å². The highest BCUT2D eigenvalue weighted by molar-refractivity contribution is 6.30. The van der Waals surface area contributed by atoms with Gasteiger partial charge >= 0.3 is 11.9 Å². The van der Waals surface area contributed by atoms with Crippen LogP contribution in [0.4, 0.5) is 5.69 Å². The van der Waals surface area contributed by atoms with E-state index in [1.807, 2.05) is 0 Å². The second kappa shape index (κ2) is 9.56. The van der Waals surface area contributed by atoms with Crippen LogP contribution in [0.15, 0.2) is 36.4 Å². The molecule has 0 atom stereocenters. The third-order valence-electron chi connectivity index (χ3n) is 3.63. The van der Waals surface area contributed by atoms with E-state index in [0.29, 0.717) is 5.02 Å². The van der Waals surface area contributed by atoms with Gasteiger partial charge < -0.3 is 25.3 Å². The number of anilines is 1. The van der Waals surface area contributed by atoms with Crippen molar-refractivity contribution in [1.82, 2.24) is 0 Å². The molecule has 0 aliphatic carbocycles. The Labute approximate surface area is 170 Å². The van der Waals surface area contributed by atoms with Crippen molar-refractivity contribution < 1.29 is 33.4 Å². The zero-order valence-electron chi connectivity index (χ0n) is 15.5. The summed E-state index contributed by atoms with van der Waals surface area (Å²) in [6.45, 7) is -0.489. The van der Waals surface area contributed by atoms with Gasteiger partial charge in [-0.3, -0.25) is 9.59 Å². The van der Waals surface area contributed by atoms with E-state index >= 15 is 0 Å². The van der Waals surface area contributed by atoms with E-state index < -0.39 is 30.4 Å². The van der Waals surface area contributed by atoms with Crippen LogP contribution < -0.4 is 15.8 Å². The van der Waals surface area contributed by atoms with Crippen molar-refractivity contribution in [2.75, 3.05) is 26.1 Å². The van der Waals surface area contributed by atoms with Gasteiger partial charge in [0, 0.05) is 10.7 Å². The lowest BCUT2D eigenvalue weighted by Crippen LogP contribution is -2.22. The number of methoxy groups -OCH3 is 2. The topological polar surface area (TPSA) is 134 Å².